The Balaban J connectivity index is 2.60. The molecule has 0 spiro atoms. The van der Waals surface area contributed by atoms with Gasteiger partial charge in [-0.3, -0.25) is 0 Å². The second kappa shape index (κ2) is 3.49. The van der Waals surface area contributed by atoms with E-state index in [4.69, 9.17) is 12.2 Å². The highest BCUT2D eigenvalue weighted by atomic mass is 14.6. The van der Waals surface area contributed by atoms with Crippen molar-refractivity contribution in [1.29, 1.82) is 0 Å². The Bertz CT molecular complexity index is 188. The largest absolute Gasteiger partial charge is 0.328 e. The van der Waals surface area contributed by atoms with Gasteiger partial charge in [-0.2, -0.15) is 0 Å². The maximum Gasteiger partial charge on any atom is 0.0120 e. The molecule has 1 saturated carbocycles. The predicted molar refractivity (Wildman–Crippen MR) is 52.5 cm³/mol. The lowest BCUT2D eigenvalue weighted by Crippen LogP contribution is -2.37. The van der Waals surface area contributed by atoms with Gasteiger partial charge in [0.05, 0.1) is 0 Å². The molecule has 1 fully saturated rings. The van der Waals surface area contributed by atoms with Crippen molar-refractivity contribution in [3.8, 4) is 12.3 Å². The van der Waals surface area contributed by atoms with E-state index in [1.54, 1.807) is 0 Å². The van der Waals surface area contributed by atoms with Gasteiger partial charge < -0.3 is 5.73 Å². The van der Waals surface area contributed by atoms with Gasteiger partial charge in [0.15, 0.2) is 0 Å². The molecule has 0 aliphatic heterocycles. The van der Waals surface area contributed by atoms with Crippen molar-refractivity contribution in [2.75, 3.05) is 0 Å². The molecule has 2 unspecified atom stereocenters. The van der Waals surface area contributed by atoms with Crippen molar-refractivity contribution >= 4 is 0 Å². The Kier molecular flexibility index (Phi) is 2.80. The molecule has 0 radical (unpaired) electrons. The van der Waals surface area contributed by atoms with E-state index >= 15 is 0 Å². The van der Waals surface area contributed by atoms with Gasteiger partial charge in [-0.1, -0.05) is 13.8 Å². The van der Waals surface area contributed by atoms with Crippen molar-refractivity contribution in [3.05, 3.63) is 0 Å². The molecular formula is C11H19N. The smallest absolute Gasteiger partial charge is 0.0120 e. The topological polar surface area (TPSA) is 26.0 Å². The zero-order valence-corrected chi connectivity index (χ0v) is 8.14. The summed E-state index contributed by atoms with van der Waals surface area (Å²) >= 11 is 0. The maximum atomic E-state index is 5.91. The van der Waals surface area contributed by atoms with Gasteiger partial charge in [0.2, 0.25) is 0 Å². The standard InChI is InChI=1S/C11H19N/c1-4-5-9-8-10(12)6-7-11(9,2)3/h1,9-10H,5-8,12H2,2-3H3. The van der Waals surface area contributed by atoms with E-state index in [0.29, 0.717) is 17.4 Å². The lowest BCUT2D eigenvalue weighted by molar-refractivity contribution is 0.128. The third-order valence-corrected chi connectivity index (χ3v) is 3.22. The minimum Gasteiger partial charge on any atom is -0.328 e. The van der Waals surface area contributed by atoms with Gasteiger partial charge in [0, 0.05) is 12.5 Å². The Morgan fingerprint density at radius 2 is 2.25 bits per heavy atom. The average Bonchev–Trinajstić information content (AvgIpc) is 1.98. The molecular weight excluding hydrogens is 146 g/mol. The van der Waals surface area contributed by atoms with E-state index in [1.165, 1.54) is 6.42 Å². The van der Waals surface area contributed by atoms with Crippen LogP contribution < -0.4 is 5.73 Å². The average molecular weight is 165 g/mol. The van der Waals surface area contributed by atoms with Gasteiger partial charge in [0.1, 0.15) is 0 Å². The molecule has 1 heteroatoms. The SMILES string of the molecule is C#CCC1CC(N)CCC1(C)C. The third kappa shape index (κ3) is 2.01. The minimum atomic E-state index is 0.386. The molecule has 0 aromatic carbocycles. The highest BCUT2D eigenvalue weighted by molar-refractivity contribution is 4.95. The molecule has 0 saturated heterocycles. The van der Waals surface area contributed by atoms with Crippen LogP contribution in [-0.2, 0) is 0 Å². The van der Waals surface area contributed by atoms with Crippen LogP contribution in [0.5, 0.6) is 0 Å². The minimum absolute atomic E-state index is 0.386. The Hall–Kier alpha value is -0.480. The van der Waals surface area contributed by atoms with E-state index in [1.807, 2.05) is 0 Å². The van der Waals surface area contributed by atoms with E-state index in [-0.39, 0.29) is 0 Å². The molecule has 2 atom stereocenters. The van der Waals surface area contributed by atoms with E-state index in [0.717, 1.165) is 19.3 Å². The monoisotopic (exact) mass is 165 g/mol. The van der Waals surface area contributed by atoms with Gasteiger partial charge in [-0.25, -0.2) is 0 Å². The van der Waals surface area contributed by atoms with Crippen molar-refractivity contribution in [2.24, 2.45) is 17.1 Å². The predicted octanol–water partition coefficient (Wildman–Crippen LogP) is 2.16. The van der Waals surface area contributed by atoms with Crippen LogP contribution in [0, 0.1) is 23.7 Å². The zero-order valence-electron chi connectivity index (χ0n) is 8.14. The Morgan fingerprint density at radius 1 is 1.58 bits per heavy atom. The Labute approximate surface area is 75.7 Å². The van der Waals surface area contributed by atoms with Crippen LogP contribution in [0.25, 0.3) is 0 Å². The fourth-order valence-electron chi connectivity index (χ4n) is 2.07. The summed E-state index contributed by atoms with van der Waals surface area (Å²) in [7, 11) is 0. The van der Waals surface area contributed by atoms with Crippen molar-refractivity contribution < 1.29 is 0 Å². The van der Waals surface area contributed by atoms with Crippen LogP contribution in [0.1, 0.15) is 39.5 Å². The van der Waals surface area contributed by atoms with Crippen molar-refractivity contribution in [3.63, 3.8) is 0 Å². The molecule has 12 heavy (non-hydrogen) atoms. The third-order valence-electron chi connectivity index (χ3n) is 3.22. The van der Waals surface area contributed by atoms with E-state index in [9.17, 15) is 0 Å². The highest BCUT2D eigenvalue weighted by Crippen LogP contribution is 2.41. The summed E-state index contributed by atoms with van der Waals surface area (Å²) in [6, 6.07) is 0.386. The lowest BCUT2D eigenvalue weighted by atomic mass is 9.66. The number of rotatable bonds is 1. The summed E-state index contributed by atoms with van der Waals surface area (Å²) in [5.41, 5.74) is 6.31. The molecule has 0 amide bonds. The summed E-state index contributed by atoms with van der Waals surface area (Å²) in [5.74, 6) is 3.39. The molecule has 0 aromatic rings. The van der Waals surface area contributed by atoms with Crippen LogP contribution in [0.4, 0.5) is 0 Å². The molecule has 0 aromatic heterocycles. The summed E-state index contributed by atoms with van der Waals surface area (Å²) in [6.07, 6.45) is 9.72. The molecule has 0 bridgehead atoms. The number of hydrogen-bond acceptors (Lipinski definition) is 1. The summed E-state index contributed by atoms with van der Waals surface area (Å²) in [5, 5.41) is 0. The van der Waals surface area contributed by atoms with Crippen LogP contribution in [0.2, 0.25) is 0 Å². The molecule has 68 valence electrons. The fourth-order valence-corrected chi connectivity index (χ4v) is 2.07. The first kappa shape index (κ1) is 9.61. The van der Waals surface area contributed by atoms with Crippen molar-refractivity contribution in [1.82, 2.24) is 0 Å². The van der Waals surface area contributed by atoms with Crippen LogP contribution in [-0.4, -0.2) is 6.04 Å². The van der Waals surface area contributed by atoms with Crippen molar-refractivity contribution in [2.45, 2.75) is 45.6 Å². The highest BCUT2D eigenvalue weighted by Gasteiger charge is 2.34. The van der Waals surface area contributed by atoms with E-state index in [2.05, 4.69) is 19.8 Å². The molecule has 0 heterocycles. The molecule has 1 aliphatic carbocycles. The first-order valence-electron chi connectivity index (χ1n) is 4.75. The van der Waals surface area contributed by atoms with Gasteiger partial charge in [-0.05, 0) is 30.6 Å². The molecule has 1 nitrogen and oxygen atoms in total. The quantitative estimate of drug-likeness (QED) is 0.592. The van der Waals surface area contributed by atoms with Crippen LogP contribution in [0.15, 0.2) is 0 Å². The van der Waals surface area contributed by atoms with E-state index < -0.39 is 0 Å². The van der Waals surface area contributed by atoms with Crippen LogP contribution in [0.3, 0.4) is 0 Å². The second-order valence-corrected chi connectivity index (χ2v) is 4.63. The maximum absolute atomic E-state index is 5.91. The Morgan fingerprint density at radius 3 is 2.83 bits per heavy atom. The molecule has 1 aliphatic rings. The number of terminal acetylenes is 1. The molecule has 1 rings (SSSR count). The molecule has 2 N–H and O–H groups in total. The fraction of sp³-hybridized carbons (Fsp3) is 0.818. The summed E-state index contributed by atoms with van der Waals surface area (Å²) in [4.78, 5) is 0. The normalized spacial score (nSPS) is 34.2. The summed E-state index contributed by atoms with van der Waals surface area (Å²) < 4.78 is 0. The second-order valence-electron chi connectivity index (χ2n) is 4.63. The van der Waals surface area contributed by atoms with Gasteiger partial charge in [0.25, 0.3) is 0 Å². The first-order chi connectivity index (χ1) is 5.56. The number of nitrogens with two attached hydrogens (primary N) is 1. The zero-order chi connectivity index (χ0) is 9.19. The van der Waals surface area contributed by atoms with Gasteiger partial charge in [-0.15, -0.1) is 12.3 Å². The first-order valence-corrected chi connectivity index (χ1v) is 4.75. The lowest BCUT2D eigenvalue weighted by Gasteiger charge is -2.40. The summed E-state index contributed by atoms with van der Waals surface area (Å²) in [6.45, 7) is 4.61. The number of hydrogen-bond donors (Lipinski definition) is 1. The van der Waals surface area contributed by atoms with Crippen LogP contribution >= 0.6 is 0 Å². The van der Waals surface area contributed by atoms with Gasteiger partial charge >= 0.3 is 0 Å².